The van der Waals surface area contributed by atoms with Crippen molar-refractivity contribution < 1.29 is 19.6 Å². The van der Waals surface area contributed by atoms with Crippen molar-refractivity contribution in [3.05, 3.63) is 39.9 Å². The van der Waals surface area contributed by atoms with Gasteiger partial charge in [-0.15, -0.1) is 0 Å². The maximum Gasteiger partial charge on any atom is 0.315 e. The molecule has 8 nitrogen and oxygen atoms in total. The highest BCUT2D eigenvalue weighted by Crippen LogP contribution is 2.34. The molecule has 25 heavy (non-hydrogen) atoms. The number of carboxylic acid groups (broad SMARTS) is 1. The summed E-state index contributed by atoms with van der Waals surface area (Å²) in [5.74, 6) is -0.736. The number of nitro benzene ring substituents is 1. The highest BCUT2D eigenvalue weighted by molar-refractivity contribution is 8.00. The molecular weight excluding hydrogens is 346 g/mol. The Morgan fingerprint density at radius 2 is 2.08 bits per heavy atom. The largest absolute Gasteiger partial charge is 0.481 e. The van der Waals surface area contributed by atoms with Crippen LogP contribution in [0.15, 0.2) is 24.3 Å². The van der Waals surface area contributed by atoms with Crippen molar-refractivity contribution in [2.24, 2.45) is 0 Å². The Labute approximate surface area is 148 Å². The van der Waals surface area contributed by atoms with Crippen LogP contribution < -0.4 is 10.6 Å². The van der Waals surface area contributed by atoms with Gasteiger partial charge in [-0.2, -0.15) is 11.8 Å². The molecule has 1 aromatic rings. The summed E-state index contributed by atoms with van der Waals surface area (Å²) in [5, 5.41) is 26.3. The molecule has 2 amide bonds. The Hall–Kier alpha value is -2.29. The van der Waals surface area contributed by atoms with Crippen LogP contribution >= 0.6 is 11.8 Å². The number of thioether (sulfide) groups is 1. The third kappa shape index (κ3) is 3.87. The van der Waals surface area contributed by atoms with Crippen LogP contribution in [0.1, 0.15) is 30.7 Å². The van der Waals surface area contributed by atoms with E-state index in [1.165, 1.54) is 24.3 Å². The van der Waals surface area contributed by atoms with Crippen LogP contribution in [0.3, 0.4) is 0 Å². The highest BCUT2D eigenvalue weighted by atomic mass is 32.2. The predicted molar refractivity (Wildman–Crippen MR) is 92.8 cm³/mol. The number of amides is 2. The van der Waals surface area contributed by atoms with Gasteiger partial charge in [0, 0.05) is 23.1 Å². The van der Waals surface area contributed by atoms with Gasteiger partial charge in [-0.1, -0.05) is 18.6 Å². The average Bonchev–Trinajstić information content (AvgIpc) is 3.11. The smallest absolute Gasteiger partial charge is 0.315 e. The van der Waals surface area contributed by atoms with E-state index in [1.54, 1.807) is 11.8 Å². The van der Waals surface area contributed by atoms with Gasteiger partial charge in [0.1, 0.15) is 0 Å². The van der Waals surface area contributed by atoms with Crippen molar-refractivity contribution in [2.75, 3.05) is 5.75 Å². The first-order valence-electron chi connectivity index (χ1n) is 8.11. The van der Waals surface area contributed by atoms with Gasteiger partial charge in [0.2, 0.25) is 0 Å². The van der Waals surface area contributed by atoms with E-state index in [0.29, 0.717) is 18.4 Å². The molecule has 0 bridgehead atoms. The van der Waals surface area contributed by atoms with Crippen LogP contribution in [-0.4, -0.2) is 45.1 Å². The van der Waals surface area contributed by atoms with E-state index in [4.69, 9.17) is 0 Å². The molecule has 0 aromatic heterocycles. The van der Waals surface area contributed by atoms with Gasteiger partial charge in [0.15, 0.2) is 0 Å². The molecule has 134 valence electrons. The predicted octanol–water partition coefficient (Wildman–Crippen LogP) is 2.10. The summed E-state index contributed by atoms with van der Waals surface area (Å²) in [4.78, 5) is 33.1. The minimum atomic E-state index is -0.929. The number of hydrogen-bond acceptors (Lipinski definition) is 5. The standard InChI is InChI=1S/C16H19N3O5S/c20-15(21)11(9-4-6-10(7-5-9)19(23)24)2-1-3-13-14-12(8-25-13)17-16(22)18-14/h4-7,11-14H,1-3,8H2,(H,20,21)(H2,17,18,22)/t11?,12-,13-,14-/m0/s1. The monoisotopic (exact) mass is 365 g/mol. The van der Waals surface area contributed by atoms with Crippen LogP contribution in [0.5, 0.6) is 0 Å². The number of fused-ring (bicyclic) bond motifs is 1. The Balaban J connectivity index is 1.56. The Bertz CT molecular complexity index is 681. The van der Waals surface area contributed by atoms with Gasteiger partial charge in [-0.25, -0.2) is 4.79 Å². The number of hydrogen-bond donors (Lipinski definition) is 3. The number of carbonyl (C=O) groups excluding carboxylic acids is 1. The molecule has 2 aliphatic heterocycles. The van der Waals surface area contributed by atoms with Crippen LogP contribution in [0.25, 0.3) is 0 Å². The Morgan fingerprint density at radius 3 is 2.72 bits per heavy atom. The molecule has 0 spiro atoms. The van der Waals surface area contributed by atoms with E-state index >= 15 is 0 Å². The highest BCUT2D eigenvalue weighted by Gasteiger charge is 2.42. The molecule has 2 fully saturated rings. The first kappa shape index (κ1) is 17.5. The van der Waals surface area contributed by atoms with Crippen LogP contribution in [-0.2, 0) is 4.79 Å². The molecule has 1 aromatic carbocycles. The van der Waals surface area contributed by atoms with Crippen molar-refractivity contribution in [3.8, 4) is 0 Å². The summed E-state index contributed by atoms with van der Waals surface area (Å²) in [6, 6.07) is 5.84. The number of rotatable bonds is 7. The Kier molecular flexibility index (Phi) is 5.12. The van der Waals surface area contributed by atoms with Crippen molar-refractivity contribution in [3.63, 3.8) is 0 Å². The van der Waals surface area contributed by atoms with E-state index in [1.807, 2.05) is 0 Å². The summed E-state index contributed by atoms with van der Waals surface area (Å²) in [6.45, 7) is 0. The van der Waals surface area contributed by atoms with Crippen molar-refractivity contribution in [2.45, 2.75) is 42.5 Å². The van der Waals surface area contributed by atoms with Gasteiger partial charge >= 0.3 is 12.0 Å². The minimum absolute atomic E-state index is 0.0502. The number of nitrogens with zero attached hydrogens (tertiary/aromatic N) is 1. The summed E-state index contributed by atoms with van der Waals surface area (Å²) in [7, 11) is 0. The summed E-state index contributed by atoms with van der Waals surface area (Å²) >= 11 is 1.80. The molecule has 1 unspecified atom stereocenters. The molecule has 0 radical (unpaired) electrons. The average molecular weight is 365 g/mol. The van der Waals surface area contributed by atoms with Crippen LogP contribution in [0.4, 0.5) is 10.5 Å². The Morgan fingerprint density at radius 1 is 1.36 bits per heavy atom. The van der Waals surface area contributed by atoms with E-state index in [9.17, 15) is 24.8 Å². The topological polar surface area (TPSA) is 122 Å². The molecular formula is C16H19N3O5S. The van der Waals surface area contributed by atoms with Crippen molar-refractivity contribution >= 4 is 29.4 Å². The molecule has 2 heterocycles. The first-order valence-corrected chi connectivity index (χ1v) is 9.16. The molecule has 2 saturated heterocycles. The van der Waals surface area contributed by atoms with Crippen LogP contribution in [0, 0.1) is 10.1 Å². The van der Waals surface area contributed by atoms with Gasteiger partial charge in [-0.3, -0.25) is 14.9 Å². The minimum Gasteiger partial charge on any atom is -0.481 e. The van der Waals surface area contributed by atoms with Crippen LogP contribution in [0.2, 0.25) is 0 Å². The lowest BCUT2D eigenvalue weighted by atomic mass is 9.92. The molecule has 9 heteroatoms. The summed E-state index contributed by atoms with van der Waals surface area (Å²) < 4.78 is 0. The molecule has 0 saturated carbocycles. The second kappa shape index (κ2) is 7.30. The summed E-state index contributed by atoms with van der Waals surface area (Å²) in [5.41, 5.74) is 0.525. The first-order chi connectivity index (χ1) is 12.0. The number of carbonyl (C=O) groups is 2. The SMILES string of the molecule is O=C1N[C@H]2[C@H](CS[C@H]2CCCC(C(=O)O)c2ccc([N+](=O)[O-])cc2)N1. The maximum absolute atomic E-state index is 11.6. The van der Waals surface area contributed by atoms with E-state index in [2.05, 4.69) is 10.6 Å². The third-order valence-electron chi connectivity index (χ3n) is 4.72. The molecule has 2 aliphatic rings. The number of carboxylic acids is 1. The number of benzene rings is 1. The zero-order valence-corrected chi connectivity index (χ0v) is 14.2. The number of nitro groups is 1. The zero-order valence-electron chi connectivity index (χ0n) is 13.4. The number of aliphatic carboxylic acids is 1. The normalized spacial score (nSPS) is 25.8. The lowest BCUT2D eigenvalue weighted by Gasteiger charge is -2.18. The van der Waals surface area contributed by atoms with E-state index in [0.717, 1.165) is 12.2 Å². The quantitative estimate of drug-likeness (QED) is 0.386. The zero-order chi connectivity index (χ0) is 18.0. The molecule has 3 rings (SSSR count). The fraction of sp³-hybridized carbons (Fsp3) is 0.500. The van der Waals surface area contributed by atoms with Gasteiger partial charge in [-0.05, 0) is 18.4 Å². The van der Waals surface area contributed by atoms with Gasteiger partial charge in [0.05, 0.1) is 22.9 Å². The maximum atomic E-state index is 11.6. The number of non-ortho nitro benzene ring substituents is 1. The molecule has 0 aliphatic carbocycles. The summed E-state index contributed by atoms with van der Waals surface area (Å²) in [6.07, 6.45) is 2.00. The second-order valence-corrected chi connectivity index (χ2v) is 7.56. The second-order valence-electron chi connectivity index (χ2n) is 6.29. The fourth-order valence-electron chi connectivity index (χ4n) is 3.43. The van der Waals surface area contributed by atoms with Gasteiger partial charge in [0.25, 0.3) is 5.69 Å². The van der Waals surface area contributed by atoms with Gasteiger partial charge < -0.3 is 15.7 Å². The van der Waals surface area contributed by atoms with E-state index in [-0.39, 0.29) is 29.1 Å². The molecule has 3 N–H and O–H groups in total. The fourth-order valence-corrected chi connectivity index (χ4v) is 4.97. The lowest BCUT2D eigenvalue weighted by Crippen LogP contribution is -2.36. The number of urea groups is 1. The molecule has 4 atom stereocenters. The number of nitrogens with one attached hydrogen (secondary N) is 2. The van der Waals surface area contributed by atoms with E-state index < -0.39 is 16.8 Å². The lowest BCUT2D eigenvalue weighted by molar-refractivity contribution is -0.384. The van der Waals surface area contributed by atoms with Crippen molar-refractivity contribution in [1.82, 2.24) is 10.6 Å². The third-order valence-corrected chi connectivity index (χ3v) is 6.23. The van der Waals surface area contributed by atoms with Crippen molar-refractivity contribution in [1.29, 1.82) is 0 Å².